The molecule has 0 radical (unpaired) electrons. The molecule has 3 rings (SSSR count). The Kier molecular flexibility index (Phi) is 6.91. The predicted octanol–water partition coefficient (Wildman–Crippen LogP) is 4.31. The number of amides is 1. The summed E-state index contributed by atoms with van der Waals surface area (Å²) in [6.07, 6.45) is 3.72. The van der Waals surface area contributed by atoms with Gasteiger partial charge in [0.15, 0.2) is 0 Å². The molecule has 1 aliphatic heterocycles. The van der Waals surface area contributed by atoms with Gasteiger partial charge in [0.25, 0.3) is 0 Å². The first-order valence-electron chi connectivity index (χ1n) is 9.74. The highest BCUT2D eigenvalue weighted by atomic mass is 32.1. The maximum atomic E-state index is 11.7. The van der Waals surface area contributed by atoms with E-state index in [4.69, 9.17) is 9.47 Å². The van der Waals surface area contributed by atoms with Crippen LogP contribution >= 0.6 is 11.3 Å². The van der Waals surface area contributed by atoms with Crippen molar-refractivity contribution in [1.29, 1.82) is 0 Å². The van der Waals surface area contributed by atoms with E-state index in [1.54, 1.807) is 6.20 Å². The van der Waals surface area contributed by atoms with E-state index in [0.29, 0.717) is 0 Å². The summed E-state index contributed by atoms with van der Waals surface area (Å²) in [5.41, 5.74) is 0.720. The number of nitrogens with zero attached hydrogens (tertiary/aromatic N) is 2. The molecule has 0 bridgehead atoms. The lowest BCUT2D eigenvalue weighted by Gasteiger charge is -2.30. The van der Waals surface area contributed by atoms with E-state index in [-0.39, 0.29) is 12.1 Å². The maximum Gasteiger partial charge on any atom is 0.407 e. The Balaban J connectivity index is 1.44. The minimum absolute atomic E-state index is 0.220. The normalized spacial score (nSPS) is 14.4. The van der Waals surface area contributed by atoms with Gasteiger partial charge in [-0.15, -0.1) is 11.3 Å². The molecule has 1 aromatic carbocycles. The summed E-state index contributed by atoms with van der Waals surface area (Å²) in [7, 11) is 0. The molecular formula is C21H29N3O3S. The summed E-state index contributed by atoms with van der Waals surface area (Å²) in [5, 5.41) is 3.68. The van der Waals surface area contributed by atoms with Gasteiger partial charge in [0.2, 0.25) is 0 Å². The van der Waals surface area contributed by atoms with Crippen molar-refractivity contribution in [1.82, 2.24) is 15.2 Å². The lowest BCUT2D eigenvalue weighted by atomic mass is 10.1. The number of carbonyl (C=O) groups excluding carboxylic acids is 1. The minimum atomic E-state index is -0.418. The summed E-state index contributed by atoms with van der Waals surface area (Å²) in [6.45, 7) is 10.3. The van der Waals surface area contributed by atoms with Gasteiger partial charge in [-0.1, -0.05) is 0 Å². The zero-order chi connectivity index (χ0) is 20.0. The minimum Gasteiger partial charge on any atom is -0.494 e. The Morgan fingerprint density at radius 1 is 1.25 bits per heavy atom. The number of hydrogen-bond acceptors (Lipinski definition) is 6. The molecule has 6 nitrogen and oxygen atoms in total. The molecule has 2 aromatic rings. The van der Waals surface area contributed by atoms with Crippen LogP contribution in [0.2, 0.25) is 0 Å². The largest absolute Gasteiger partial charge is 0.494 e. The van der Waals surface area contributed by atoms with Crippen LogP contribution in [-0.4, -0.2) is 47.8 Å². The van der Waals surface area contributed by atoms with Crippen LogP contribution in [0.15, 0.2) is 30.5 Å². The van der Waals surface area contributed by atoms with E-state index < -0.39 is 6.09 Å². The third-order valence-electron chi connectivity index (χ3n) is 4.31. The molecule has 0 atom stereocenters. The lowest BCUT2D eigenvalue weighted by Crippen LogP contribution is -2.40. The highest BCUT2D eigenvalue weighted by Crippen LogP contribution is 2.27. The first-order chi connectivity index (χ1) is 13.4. The van der Waals surface area contributed by atoms with Crippen molar-refractivity contribution < 1.29 is 14.3 Å². The van der Waals surface area contributed by atoms with Gasteiger partial charge >= 0.3 is 6.09 Å². The molecule has 0 unspecified atom stereocenters. The highest BCUT2D eigenvalue weighted by molar-refractivity contribution is 7.15. The molecule has 2 heterocycles. The van der Waals surface area contributed by atoms with E-state index in [1.807, 2.05) is 45.0 Å². The van der Waals surface area contributed by atoms with Crippen LogP contribution < -0.4 is 10.1 Å². The van der Waals surface area contributed by atoms with Gasteiger partial charge in [-0.2, -0.15) is 0 Å². The summed E-state index contributed by atoms with van der Waals surface area (Å²) in [6, 6.07) is 7.99. The Morgan fingerprint density at radius 3 is 2.64 bits per heavy atom. The summed E-state index contributed by atoms with van der Waals surface area (Å²) < 4.78 is 11.1. The number of carbonyl (C=O) groups is 1. The molecule has 1 N–H and O–H groups in total. The van der Waals surface area contributed by atoms with Crippen molar-refractivity contribution >= 4 is 17.4 Å². The van der Waals surface area contributed by atoms with Crippen LogP contribution in [0.5, 0.6) is 5.75 Å². The lowest BCUT2D eigenvalue weighted by molar-refractivity contribution is 0.132. The fourth-order valence-corrected chi connectivity index (χ4v) is 3.59. The van der Waals surface area contributed by atoms with Crippen LogP contribution in [0.3, 0.4) is 0 Å². The fraction of sp³-hybridized carbons (Fsp3) is 0.524. The second-order valence-electron chi connectivity index (χ2n) is 8.00. The van der Waals surface area contributed by atoms with E-state index >= 15 is 0 Å². The third-order valence-corrected chi connectivity index (χ3v) is 5.33. The van der Waals surface area contributed by atoms with Crippen LogP contribution in [0, 0.1) is 0 Å². The molecule has 28 heavy (non-hydrogen) atoms. The third kappa shape index (κ3) is 6.49. The average molecular weight is 404 g/mol. The average Bonchev–Trinajstić information content (AvgIpc) is 3.06. The summed E-state index contributed by atoms with van der Waals surface area (Å²) >= 11 is 1.52. The second-order valence-corrected chi connectivity index (χ2v) is 9.12. The van der Waals surface area contributed by atoms with Crippen molar-refractivity contribution in [3.63, 3.8) is 0 Å². The summed E-state index contributed by atoms with van der Waals surface area (Å²) in [4.78, 5) is 19.5. The Bertz CT molecular complexity index is 764. The topological polar surface area (TPSA) is 63.7 Å². The first kappa shape index (κ1) is 20.6. The maximum absolute atomic E-state index is 11.7. The monoisotopic (exact) mass is 403 g/mol. The first-order valence-corrected chi connectivity index (χ1v) is 10.6. The number of likely N-dealkylation sites (tertiary alicyclic amines) is 1. The van der Waals surface area contributed by atoms with Crippen LogP contribution in [0.1, 0.15) is 38.5 Å². The molecule has 1 amide bonds. The van der Waals surface area contributed by atoms with Gasteiger partial charge in [0.1, 0.15) is 17.4 Å². The van der Waals surface area contributed by atoms with Crippen LogP contribution in [0.25, 0.3) is 10.6 Å². The molecule has 1 fully saturated rings. The van der Waals surface area contributed by atoms with E-state index in [1.165, 1.54) is 30.8 Å². The van der Waals surface area contributed by atoms with Crippen molar-refractivity contribution in [3.8, 4) is 16.3 Å². The quantitative estimate of drug-likeness (QED) is 0.666. The molecule has 0 spiro atoms. The van der Waals surface area contributed by atoms with Crippen LogP contribution in [0.4, 0.5) is 4.79 Å². The molecular weight excluding hydrogens is 374 g/mol. The van der Waals surface area contributed by atoms with Gasteiger partial charge in [-0.25, -0.2) is 9.78 Å². The van der Waals surface area contributed by atoms with Crippen LogP contribution in [-0.2, 0) is 11.3 Å². The van der Waals surface area contributed by atoms with Gasteiger partial charge in [-0.05, 0) is 71.0 Å². The van der Waals surface area contributed by atoms with Crippen molar-refractivity contribution in [3.05, 3.63) is 35.3 Å². The number of alkyl carbamates (subject to hydrolysis) is 1. The summed E-state index contributed by atoms with van der Waals surface area (Å²) in [5.74, 6) is 0.881. The molecule has 0 aliphatic carbocycles. The Morgan fingerprint density at radius 2 is 2.00 bits per heavy atom. The smallest absolute Gasteiger partial charge is 0.407 e. The molecule has 152 valence electrons. The standard InChI is InChI=1S/C21H29N3O3S/c1-21(2,3)23-20(25)27-15-18-14-22-19(28-18)16-6-8-17(9-7-16)26-13-5-12-24-10-4-11-24/h6-9,14H,4-5,10-13,15H2,1-3H3,(H,23,25). The molecule has 1 aliphatic rings. The van der Waals surface area contributed by atoms with E-state index in [0.717, 1.165) is 40.8 Å². The zero-order valence-electron chi connectivity index (χ0n) is 16.9. The number of hydrogen-bond donors (Lipinski definition) is 1. The van der Waals surface area contributed by atoms with Crippen molar-refractivity contribution in [2.45, 2.75) is 45.8 Å². The van der Waals surface area contributed by atoms with Gasteiger partial charge < -0.3 is 19.7 Å². The van der Waals surface area contributed by atoms with Gasteiger partial charge in [-0.3, -0.25) is 0 Å². The van der Waals surface area contributed by atoms with E-state index in [9.17, 15) is 4.79 Å². The molecule has 1 aromatic heterocycles. The van der Waals surface area contributed by atoms with Crippen molar-refractivity contribution in [2.75, 3.05) is 26.2 Å². The Hall–Kier alpha value is -2.12. The Labute approximate surface area is 170 Å². The second kappa shape index (κ2) is 9.39. The number of nitrogens with one attached hydrogen (secondary N) is 1. The van der Waals surface area contributed by atoms with Gasteiger partial charge in [0, 0.05) is 23.8 Å². The number of thiazole rings is 1. The van der Waals surface area contributed by atoms with E-state index in [2.05, 4.69) is 15.2 Å². The number of rotatable bonds is 8. The number of benzene rings is 1. The molecule has 1 saturated heterocycles. The number of ether oxygens (including phenoxy) is 2. The molecule has 7 heteroatoms. The van der Waals surface area contributed by atoms with Gasteiger partial charge in [0.05, 0.1) is 11.5 Å². The fourth-order valence-electron chi connectivity index (χ4n) is 2.76. The molecule has 0 saturated carbocycles. The predicted molar refractivity (Wildman–Crippen MR) is 112 cm³/mol. The zero-order valence-corrected chi connectivity index (χ0v) is 17.7. The highest BCUT2D eigenvalue weighted by Gasteiger charge is 2.15. The SMILES string of the molecule is CC(C)(C)NC(=O)OCc1cnc(-c2ccc(OCCCN3CCC3)cc2)s1. The van der Waals surface area contributed by atoms with Crippen molar-refractivity contribution in [2.24, 2.45) is 0 Å². The number of aromatic nitrogens is 1.